The van der Waals surface area contributed by atoms with Gasteiger partial charge in [-0.15, -0.1) is 11.3 Å². The molecule has 0 unspecified atom stereocenters. The number of benzene rings is 4. The summed E-state index contributed by atoms with van der Waals surface area (Å²) in [4.78, 5) is 23.8. The van der Waals surface area contributed by atoms with Gasteiger partial charge in [0.2, 0.25) is 0 Å². The molecule has 222 valence electrons. The first kappa shape index (κ1) is 29.5. The van der Waals surface area contributed by atoms with Gasteiger partial charge in [-0.05, 0) is 75.2 Å². The monoisotopic (exact) mass is 621 g/mol. The van der Waals surface area contributed by atoms with Crippen LogP contribution in [-0.2, 0) is 21.2 Å². The van der Waals surface area contributed by atoms with Crippen LogP contribution in [0, 0.1) is 27.7 Å². The molecule has 0 spiro atoms. The second kappa shape index (κ2) is 11.8. The lowest BCUT2D eigenvalue weighted by atomic mass is 10.0. The zero-order chi connectivity index (χ0) is 31.0. The standard InChI is InChI=1S/C35H31N3O4S2/c1-21-19-22(2)33(23(3)20-21)44(40,41)38-26-15-13-25(14-16-26)35(39)42-18-17-31-24(4)36-34(43-31)32-27-9-5-7-11-29(27)37-30-12-8-6-10-28(30)32/h5-16,19-20,38H,17-18H2,1-4H3. The summed E-state index contributed by atoms with van der Waals surface area (Å²) in [6.07, 6.45) is 0.531. The van der Waals surface area contributed by atoms with Crippen LogP contribution in [0.5, 0.6) is 0 Å². The minimum Gasteiger partial charge on any atom is -0.462 e. The average Bonchev–Trinajstić information content (AvgIpc) is 3.34. The highest BCUT2D eigenvalue weighted by Gasteiger charge is 2.21. The predicted molar refractivity (Wildman–Crippen MR) is 177 cm³/mol. The number of aromatic nitrogens is 2. The van der Waals surface area contributed by atoms with Gasteiger partial charge in [-0.2, -0.15) is 0 Å². The molecule has 0 aliphatic heterocycles. The normalized spacial score (nSPS) is 11.6. The van der Waals surface area contributed by atoms with Crippen molar-refractivity contribution >= 4 is 54.8 Å². The largest absolute Gasteiger partial charge is 0.462 e. The van der Waals surface area contributed by atoms with Gasteiger partial charge < -0.3 is 4.74 Å². The molecule has 7 nitrogen and oxygen atoms in total. The van der Waals surface area contributed by atoms with Crippen LogP contribution < -0.4 is 4.72 Å². The van der Waals surface area contributed by atoms with Crippen molar-refractivity contribution < 1.29 is 17.9 Å². The molecule has 0 fully saturated rings. The van der Waals surface area contributed by atoms with Gasteiger partial charge in [-0.1, -0.05) is 54.1 Å². The minimum absolute atomic E-state index is 0.194. The Morgan fingerprint density at radius 2 is 1.41 bits per heavy atom. The van der Waals surface area contributed by atoms with E-state index >= 15 is 0 Å². The Labute approximate surface area is 260 Å². The van der Waals surface area contributed by atoms with Crippen LogP contribution in [-0.4, -0.2) is 31.0 Å². The Hall–Kier alpha value is -4.60. The third kappa shape index (κ3) is 5.80. The summed E-state index contributed by atoms with van der Waals surface area (Å²) >= 11 is 1.60. The number of ether oxygens (including phenoxy) is 1. The molecule has 2 heterocycles. The highest BCUT2D eigenvalue weighted by molar-refractivity contribution is 7.92. The maximum Gasteiger partial charge on any atom is 0.338 e. The first-order valence-corrected chi connectivity index (χ1v) is 16.5. The van der Waals surface area contributed by atoms with Crippen molar-refractivity contribution in [3.8, 4) is 10.6 Å². The van der Waals surface area contributed by atoms with E-state index in [0.29, 0.717) is 28.8 Å². The summed E-state index contributed by atoms with van der Waals surface area (Å²) in [6.45, 7) is 7.67. The fourth-order valence-electron chi connectivity index (χ4n) is 5.63. The second-order valence-corrected chi connectivity index (χ2v) is 13.5. The quantitative estimate of drug-likeness (QED) is 0.137. The Morgan fingerprint density at radius 1 is 0.818 bits per heavy atom. The molecule has 0 amide bonds. The number of anilines is 1. The van der Waals surface area contributed by atoms with E-state index in [0.717, 1.165) is 48.5 Å². The first-order chi connectivity index (χ1) is 21.1. The summed E-state index contributed by atoms with van der Waals surface area (Å²) in [5.74, 6) is -0.474. The van der Waals surface area contributed by atoms with Crippen LogP contribution in [0.15, 0.2) is 89.8 Å². The van der Waals surface area contributed by atoms with Gasteiger partial charge in [-0.25, -0.2) is 23.2 Å². The van der Waals surface area contributed by atoms with Crippen LogP contribution in [0.3, 0.4) is 0 Å². The average molecular weight is 622 g/mol. The summed E-state index contributed by atoms with van der Waals surface area (Å²) in [5, 5.41) is 3.01. The van der Waals surface area contributed by atoms with Crippen LogP contribution in [0.4, 0.5) is 5.69 Å². The van der Waals surface area contributed by atoms with E-state index in [2.05, 4.69) is 16.9 Å². The lowest BCUT2D eigenvalue weighted by Crippen LogP contribution is -2.16. The smallest absolute Gasteiger partial charge is 0.338 e. The molecule has 0 saturated heterocycles. The maximum atomic E-state index is 13.1. The number of nitrogens with one attached hydrogen (secondary N) is 1. The Bertz CT molecular complexity index is 2080. The van der Waals surface area contributed by atoms with E-state index in [1.165, 1.54) is 0 Å². The molecule has 0 aliphatic rings. The van der Waals surface area contributed by atoms with Crippen molar-refractivity contribution in [2.45, 2.75) is 39.0 Å². The molecule has 0 aliphatic carbocycles. The Kier molecular flexibility index (Phi) is 7.92. The van der Waals surface area contributed by atoms with Gasteiger partial charge in [0.1, 0.15) is 5.01 Å². The number of aryl methyl sites for hydroxylation is 4. The molecule has 6 rings (SSSR count). The topological polar surface area (TPSA) is 98.2 Å². The van der Waals surface area contributed by atoms with E-state index in [9.17, 15) is 13.2 Å². The number of carbonyl (C=O) groups excluding carboxylic acids is 1. The van der Waals surface area contributed by atoms with Crippen molar-refractivity contribution in [1.29, 1.82) is 0 Å². The zero-order valence-corrected chi connectivity index (χ0v) is 26.5. The fraction of sp³-hybridized carbons (Fsp3) is 0.171. The van der Waals surface area contributed by atoms with Gasteiger partial charge in [0, 0.05) is 33.3 Å². The van der Waals surface area contributed by atoms with Crippen LogP contribution in [0.25, 0.3) is 32.4 Å². The summed E-state index contributed by atoms with van der Waals surface area (Å²) < 4.78 is 34.4. The molecule has 0 radical (unpaired) electrons. The first-order valence-electron chi connectivity index (χ1n) is 14.2. The van der Waals surface area contributed by atoms with Gasteiger partial charge in [-0.3, -0.25) is 4.72 Å². The Balaban J connectivity index is 1.14. The third-order valence-electron chi connectivity index (χ3n) is 7.50. The maximum absolute atomic E-state index is 13.1. The van der Waals surface area contributed by atoms with Gasteiger partial charge in [0.05, 0.1) is 33.8 Å². The number of hydrogen-bond acceptors (Lipinski definition) is 7. The number of carbonyl (C=O) groups is 1. The lowest BCUT2D eigenvalue weighted by Gasteiger charge is -2.14. The molecular weight excluding hydrogens is 591 g/mol. The highest BCUT2D eigenvalue weighted by atomic mass is 32.2. The molecule has 0 saturated carbocycles. The zero-order valence-electron chi connectivity index (χ0n) is 24.8. The van der Waals surface area contributed by atoms with E-state index in [1.807, 2.05) is 62.4 Å². The molecule has 0 atom stereocenters. The van der Waals surface area contributed by atoms with Crippen LogP contribution >= 0.6 is 11.3 Å². The number of pyridine rings is 1. The molecule has 9 heteroatoms. The SMILES string of the molecule is Cc1cc(C)c(S(=O)(=O)Nc2ccc(C(=O)OCCc3sc(-c4c5ccccc5nc5ccccc45)nc3C)cc2)c(C)c1. The lowest BCUT2D eigenvalue weighted by molar-refractivity contribution is 0.0510. The Morgan fingerprint density at radius 3 is 2.02 bits per heavy atom. The summed E-state index contributed by atoms with van der Waals surface area (Å²) in [6, 6.07) is 26.1. The van der Waals surface area contributed by atoms with Gasteiger partial charge >= 0.3 is 5.97 Å². The minimum atomic E-state index is -3.79. The van der Waals surface area contributed by atoms with Crippen molar-refractivity contribution in [3.05, 3.63) is 118 Å². The van der Waals surface area contributed by atoms with Crippen molar-refractivity contribution in [1.82, 2.24) is 9.97 Å². The van der Waals surface area contributed by atoms with E-state index in [4.69, 9.17) is 14.7 Å². The molecule has 44 heavy (non-hydrogen) atoms. The molecular formula is C35H31N3O4S2. The number of hydrogen-bond donors (Lipinski definition) is 1. The van der Waals surface area contributed by atoms with Crippen LogP contribution in [0.2, 0.25) is 0 Å². The number of para-hydroxylation sites is 2. The number of sulfonamides is 1. The predicted octanol–water partition coefficient (Wildman–Crippen LogP) is 7.95. The molecule has 4 aromatic carbocycles. The van der Waals surface area contributed by atoms with Crippen LogP contribution in [0.1, 0.15) is 37.6 Å². The number of thiazole rings is 1. The molecule has 0 bridgehead atoms. The van der Waals surface area contributed by atoms with Crippen molar-refractivity contribution in [2.75, 3.05) is 11.3 Å². The number of rotatable bonds is 8. The van der Waals surface area contributed by atoms with Gasteiger partial charge in [0.25, 0.3) is 10.0 Å². The van der Waals surface area contributed by atoms with Gasteiger partial charge in [0.15, 0.2) is 0 Å². The van der Waals surface area contributed by atoms with Crippen molar-refractivity contribution in [3.63, 3.8) is 0 Å². The van der Waals surface area contributed by atoms with Crippen molar-refractivity contribution in [2.24, 2.45) is 0 Å². The van der Waals surface area contributed by atoms with E-state index < -0.39 is 16.0 Å². The number of esters is 1. The summed E-state index contributed by atoms with van der Waals surface area (Å²) in [7, 11) is -3.79. The highest BCUT2D eigenvalue weighted by Crippen LogP contribution is 2.38. The van der Waals surface area contributed by atoms with E-state index in [1.54, 1.807) is 49.4 Å². The fourth-order valence-corrected chi connectivity index (χ4v) is 8.26. The molecule has 6 aromatic rings. The van der Waals surface area contributed by atoms with E-state index in [-0.39, 0.29) is 11.5 Å². The second-order valence-electron chi connectivity index (χ2n) is 10.8. The number of nitrogens with zero attached hydrogens (tertiary/aromatic N) is 2. The molecule has 1 N–H and O–H groups in total. The summed E-state index contributed by atoms with van der Waals surface area (Å²) in [5.41, 5.74) is 6.88. The number of fused-ring (bicyclic) bond motifs is 2. The molecule has 2 aromatic heterocycles. The third-order valence-corrected chi connectivity index (χ3v) is 10.4.